The quantitative estimate of drug-likeness (QED) is 0.927. The van der Waals surface area contributed by atoms with Crippen LogP contribution in [0.1, 0.15) is 22.4 Å². The van der Waals surface area contributed by atoms with Gasteiger partial charge in [0.1, 0.15) is 6.07 Å². The molecule has 4 heteroatoms. The van der Waals surface area contributed by atoms with Crippen LogP contribution in [0.4, 0.5) is 0 Å². The molecule has 2 aromatic rings. The van der Waals surface area contributed by atoms with Gasteiger partial charge in [-0.2, -0.15) is 5.26 Å². The first-order valence-corrected chi connectivity index (χ1v) is 6.27. The molecule has 1 aromatic carbocycles. The van der Waals surface area contributed by atoms with E-state index in [1.807, 2.05) is 24.3 Å². The second-order valence-corrected chi connectivity index (χ2v) is 5.00. The van der Waals surface area contributed by atoms with Crippen molar-refractivity contribution in [3.63, 3.8) is 0 Å². The Morgan fingerprint density at radius 2 is 2.17 bits per heavy atom. The van der Waals surface area contributed by atoms with E-state index in [2.05, 4.69) is 27.0 Å². The van der Waals surface area contributed by atoms with Crippen molar-refractivity contribution in [3.8, 4) is 6.07 Å². The van der Waals surface area contributed by atoms with Crippen molar-refractivity contribution in [2.75, 3.05) is 0 Å². The molecule has 0 aliphatic carbocycles. The molecule has 0 saturated heterocycles. The summed E-state index contributed by atoms with van der Waals surface area (Å²) in [5, 5.41) is 8.96. The van der Waals surface area contributed by atoms with Crippen LogP contribution in [-0.2, 0) is 6.42 Å². The summed E-state index contributed by atoms with van der Waals surface area (Å²) in [7, 11) is 0. The molecule has 90 valence electrons. The number of aromatic amines is 1. The number of rotatable bonds is 2. The summed E-state index contributed by atoms with van der Waals surface area (Å²) in [6.07, 6.45) is 0.518. The molecular formula is C14H11BrN2O. The minimum absolute atomic E-state index is 0.133. The number of aryl methyl sites for hydroxylation is 1. The van der Waals surface area contributed by atoms with Crippen LogP contribution < -0.4 is 5.56 Å². The van der Waals surface area contributed by atoms with E-state index in [0.717, 1.165) is 10.0 Å². The Hall–Kier alpha value is -1.86. The summed E-state index contributed by atoms with van der Waals surface area (Å²) in [5.41, 5.74) is 2.63. The zero-order chi connectivity index (χ0) is 13.1. The second-order valence-electron chi connectivity index (χ2n) is 4.08. The van der Waals surface area contributed by atoms with Crippen molar-refractivity contribution in [2.45, 2.75) is 13.3 Å². The fraction of sp³-hybridized carbons (Fsp3) is 0.143. The van der Waals surface area contributed by atoms with Gasteiger partial charge in [0.15, 0.2) is 0 Å². The third-order valence-electron chi connectivity index (χ3n) is 2.72. The van der Waals surface area contributed by atoms with Crippen LogP contribution in [0.3, 0.4) is 0 Å². The summed E-state index contributed by atoms with van der Waals surface area (Å²) in [6.45, 7) is 1.73. The Kier molecular flexibility index (Phi) is 3.63. The lowest BCUT2D eigenvalue weighted by Gasteiger charge is -2.04. The van der Waals surface area contributed by atoms with Crippen LogP contribution in [0.15, 0.2) is 39.6 Å². The van der Waals surface area contributed by atoms with E-state index >= 15 is 0 Å². The smallest absolute Gasteiger partial charge is 0.251 e. The third kappa shape index (κ3) is 2.69. The molecule has 0 amide bonds. The number of benzene rings is 1. The maximum absolute atomic E-state index is 11.8. The Bertz CT molecular complexity index is 683. The Labute approximate surface area is 113 Å². The van der Waals surface area contributed by atoms with E-state index in [0.29, 0.717) is 23.2 Å². The summed E-state index contributed by atoms with van der Waals surface area (Å²) in [6, 6.07) is 11.5. The number of aromatic nitrogens is 1. The normalized spacial score (nSPS) is 10.1. The molecular weight excluding hydrogens is 292 g/mol. The summed E-state index contributed by atoms with van der Waals surface area (Å²) < 4.78 is 0.976. The molecule has 1 N–H and O–H groups in total. The van der Waals surface area contributed by atoms with Crippen molar-refractivity contribution in [3.05, 3.63) is 67.5 Å². The summed E-state index contributed by atoms with van der Waals surface area (Å²) in [4.78, 5) is 14.5. The lowest BCUT2D eigenvalue weighted by atomic mass is 10.0. The van der Waals surface area contributed by atoms with Gasteiger partial charge < -0.3 is 4.98 Å². The molecule has 0 aliphatic rings. The molecule has 0 spiro atoms. The highest BCUT2D eigenvalue weighted by Crippen LogP contribution is 2.14. The lowest BCUT2D eigenvalue weighted by molar-refractivity contribution is 1.04. The average molecular weight is 303 g/mol. The number of halogens is 1. The first-order chi connectivity index (χ1) is 8.60. The Balaban J connectivity index is 2.41. The lowest BCUT2D eigenvalue weighted by Crippen LogP contribution is -2.15. The average Bonchev–Trinajstić information content (AvgIpc) is 2.33. The largest absolute Gasteiger partial charge is 0.325 e. The van der Waals surface area contributed by atoms with Crippen molar-refractivity contribution >= 4 is 15.9 Å². The fourth-order valence-electron chi connectivity index (χ4n) is 1.78. The number of nitriles is 1. The molecule has 0 unspecified atom stereocenters. The molecule has 0 radical (unpaired) electrons. The first kappa shape index (κ1) is 12.6. The number of nitrogens with zero attached hydrogens (tertiary/aromatic N) is 1. The molecule has 1 aromatic heterocycles. The van der Waals surface area contributed by atoms with E-state index in [9.17, 15) is 4.79 Å². The van der Waals surface area contributed by atoms with Gasteiger partial charge in [0.2, 0.25) is 0 Å². The second kappa shape index (κ2) is 5.19. The van der Waals surface area contributed by atoms with E-state index in [4.69, 9.17) is 5.26 Å². The van der Waals surface area contributed by atoms with Gasteiger partial charge in [-0.15, -0.1) is 0 Å². The highest BCUT2D eigenvalue weighted by Gasteiger charge is 2.06. The predicted octanol–water partition coefficient (Wildman–Crippen LogP) is 2.91. The van der Waals surface area contributed by atoms with Gasteiger partial charge in [0, 0.05) is 22.2 Å². The molecule has 0 aliphatic heterocycles. The van der Waals surface area contributed by atoms with Gasteiger partial charge in [-0.05, 0) is 30.7 Å². The van der Waals surface area contributed by atoms with Gasteiger partial charge >= 0.3 is 0 Å². The molecule has 0 fully saturated rings. The van der Waals surface area contributed by atoms with Crippen LogP contribution in [0.2, 0.25) is 0 Å². The van der Waals surface area contributed by atoms with Gasteiger partial charge in [-0.25, -0.2) is 0 Å². The van der Waals surface area contributed by atoms with Crippen LogP contribution in [0.5, 0.6) is 0 Å². The molecule has 3 nitrogen and oxygen atoms in total. The van der Waals surface area contributed by atoms with E-state index in [1.54, 1.807) is 13.0 Å². The summed E-state index contributed by atoms with van der Waals surface area (Å²) in [5.74, 6) is 0. The van der Waals surface area contributed by atoms with Gasteiger partial charge in [0.25, 0.3) is 5.56 Å². The molecule has 1 heterocycles. The SMILES string of the molecule is Cc1[nH]c(=O)c(Cc2cccc(Br)c2)cc1C#N. The monoisotopic (exact) mass is 302 g/mol. The van der Waals surface area contributed by atoms with E-state index < -0.39 is 0 Å². The maximum atomic E-state index is 11.8. The Morgan fingerprint density at radius 3 is 2.83 bits per heavy atom. The van der Waals surface area contributed by atoms with Crippen LogP contribution in [-0.4, -0.2) is 4.98 Å². The highest BCUT2D eigenvalue weighted by molar-refractivity contribution is 9.10. The number of hydrogen-bond acceptors (Lipinski definition) is 2. The number of hydrogen-bond donors (Lipinski definition) is 1. The van der Waals surface area contributed by atoms with E-state index in [-0.39, 0.29) is 5.56 Å². The standard InChI is InChI=1S/C14H11BrN2O/c1-9-12(8-16)7-11(14(18)17-9)5-10-3-2-4-13(15)6-10/h2-4,6-7H,5H2,1H3,(H,17,18). The fourth-order valence-corrected chi connectivity index (χ4v) is 2.23. The molecule has 2 rings (SSSR count). The van der Waals surface area contributed by atoms with Crippen molar-refractivity contribution in [1.29, 1.82) is 5.26 Å². The van der Waals surface area contributed by atoms with Crippen LogP contribution >= 0.6 is 15.9 Å². The zero-order valence-corrected chi connectivity index (χ0v) is 11.4. The minimum atomic E-state index is -0.133. The molecule has 0 atom stereocenters. The van der Waals surface area contributed by atoms with Crippen molar-refractivity contribution in [2.24, 2.45) is 0 Å². The zero-order valence-electron chi connectivity index (χ0n) is 9.83. The van der Waals surface area contributed by atoms with Crippen LogP contribution in [0.25, 0.3) is 0 Å². The van der Waals surface area contributed by atoms with Gasteiger partial charge in [-0.1, -0.05) is 28.1 Å². The van der Waals surface area contributed by atoms with Gasteiger partial charge in [-0.3, -0.25) is 4.79 Å². The highest BCUT2D eigenvalue weighted by atomic mass is 79.9. The Morgan fingerprint density at radius 1 is 1.39 bits per heavy atom. The number of H-pyrrole nitrogens is 1. The minimum Gasteiger partial charge on any atom is -0.325 e. The summed E-state index contributed by atoms with van der Waals surface area (Å²) >= 11 is 3.40. The number of pyridine rings is 1. The van der Waals surface area contributed by atoms with Gasteiger partial charge in [0.05, 0.1) is 5.56 Å². The van der Waals surface area contributed by atoms with E-state index in [1.165, 1.54) is 0 Å². The predicted molar refractivity (Wildman–Crippen MR) is 73.5 cm³/mol. The maximum Gasteiger partial charge on any atom is 0.251 e. The van der Waals surface area contributed by atoms with Crippen LogP contribution in [0, 0.1) is 18.3 Å². The topological polar surface area (TPSA) is 56.6 Å². The van der Waals surface area contributed by atoms with Crippen molar-refractivity contribution < 1.29 is 0 Å². The van der Waals surface area contributed by atoms with Crippen molar-refractivity contribution in [1.82, 2.24) is 4.98 Å². The molecule has 18 heavy (non-hydrogen) atoms. The first-order valence-electron chi connectivity index (χ1n) is 5.47. The number of nitrogens with one attached hydrogen (secondary N) is 1. The molecule has 0 saturated carbocycles. The third-order valence-corrected chi connectivity index (χ3v) is 3.21. The molecule has 0 bridgehead atoms.